The van der Waals surface area contributed by atoms with Crippen molar-refractivity contribution in [3.63, 3.8) is 0 Å². The summed E-state index contributed by atoms with van der Waals surface area (Å²) in [6, 6.07) is 1.90. The van der Waals surface area contributed by atoms with Crippen molar-refractivity contribution in [3.05, 3.63) is 34.8 Å². The summed E-state index contributed by atoms with van der Waals surface area (Å²) in [5.74, 6) is -0.760. The van der Waals surface area contributed by atoms with Gasteiger partial charge in [0.1, 0.15) is 0 Å². The molecule has 0 aromatic carbocycles. The van der Waals surface area contributed by atoms with Crippen molar-refractivity contribution in [2.45, 2.75) is 25.7 Å². The number of carboxylic acids is 1. The van der Waals surface area contributed by atoms with Crippen molar-refractivity contribution in [2.75, 3.05) is 0 Å². The maximum absolute atomic E-state index is 10.4. The molecule has 0 saturated carbocycles. The quantitative estimate of drug-likeness (QED) is 0.824. The zero-order valence-electron chi connectivity index (χ0n) is 10.2. The van der Waals surface area contributed by atoms with Crippen LogP contribution in [0.3, 0.4) is 0 Å². The molecule has 2 rings (SSSR count). The summed E-state index contributed by atoms with van der Waals surface area (Å²) >= 11 is 3.35. The lowest BCUT2D eigenvalue weighted by Crippen LogP contribution is -1.95. The molecule has 0 unspecified atom stereocenters. The van der Waals surface area contributed by atoms with Crippen molar-refractivity contribution in [1.29, 1.82) is 0 Å². The van der Waals surface area contributed by atoms with Crippen LogP contribution in [0.15, 0.2) is 29.1 Å². The summed E-state index contributed by atoms with van der Waals surface area (Å²) in [5.41, 5.74) is 1.68. The number of aliphatic carboxylic acids is 1. The van der Waals surface area contributed by atoms with E-state index in [1.54, 1.807) is 17.1 Å². The third-order valence-electron chi connectivity index (χ3n) is 2.57. The smallest absolute Gasteiger partial charge is 0.303 e. The van der Waals surface area contributed by atoms with Crippen molar-refractivity contribution in [3.8, 4) is 5.69 Å². The molecule has 6 nitrogen and oxygen atoms in total. The lowest BCUT2D eigenvalue weighted by atomic mass is 10.1. The molecule has 0 bridgehead atoms. The topological polar surface area (TPSA) is 80.9 Å². The number of aryl methyl sites for hydroxylation is 1. The van der Waals surface area contributed by atoms with E-state index in [2.05, 4.69) is 31.2 Å². The summed E-state index contributed by atoms with van der Waals surface area (Å²) < 4.78 is 2.54. The zero-order chi connectivity index (χ0) is 13.7. The van der Waals surface area contributed by atoms with Gasteiger partial charge in [-0.05, 0) is 41.3 Å². The third-order valence-corrected chi connectivity index (χ3v) is 3.00. The van der Waals surface area contributed by atoms with Crippen LogP contribution >= 0.6 is 15.9 Å². The molecule has 7 heteroatoms. The van der Waals surface area contributed by atoms with Crippen molar-refractivity contribution in [2.24, 2.45) is 0 Å². The van der Waals surface area contributed by atoms with Crippen LogP contribution in [0, 0.1) is 0 Å². The highest BCUT2D eigenvalue weighted by Gasteiger charge is 2.04. The third kappa shape index (κ3) is 4.13. The molecular formula is C12H13BrN4O2. The van der Waals surface area contributed by atoms with Crippen molar-refractivity contribution in [1.82, 2.24) is 20.0 Å². The minimum atomic E-state index is -0.760. The van der Waals surface area contributed by atoms with Crippen molar-refractivity contribution < 1.29 is 9.90 Å². The molecule has 0 aliphatic rings. The van der Waals surface area contributed by atoms with Gasteiger partial charge in [0.2, 0.25) is 0 Å². The molecular weight excluding hydrogens is 312 g/mol. The van der Waals surface area contributed by atoms with E-state index in [0.717, 1.165) is 28.7 Å². The van der Waals surface area contributed by atoms with Crippen LogP contribution in [-0.2, 0) is 11.2 Å². The first-order chi connectivity index (χ1) is 9.15. The number of carboxylic acid groups (broad SMARTS) is 1. The summed E-state index contributed by atoms with van der Waals surface area (Å²) in [5, 5.41) is 16.6. The summed E-state index contributed by atoms with van der Waals surface area (Å²) in [4.78, 5) is 14.5. The van der Waals surface area contributed by atoms with Gasteiger partial charge in [0.05, 0.1) is 23.8 Å². The number of halogens is 1. The largest absolute Gasteiger partial charge is 0.481 e. The average molecular weight is 325 g/mol. The minimum absolute atomic E-state index is 0.198. The zero-order valence-corrected chi connectivity index (χ0v) is 11.7. The fraction of sp³-hybridized carbons (Fsp3) is 0.333. The molecule has 100 valence electrons. The van der Waals surface area contributed by atoms with Crippen LogP contribution in [0.25, 0.3) is 5.69 Å². The Balaban J connectivity index is 1.94. The van der Waals surface area contributed by atoms with Crippen LogP contribution in [-0.4, -0.2) is 31.1 Å². The van der Waals surface area contributed by atoms with Crippen LogP contribution in [0.1, 0.15) is 25.0 Å². The Hall–Kier alpha value is -1.76. The van der Waals surface area contributed by atoms with Gasteiger partial charge in [0.15, 0.2) is 0 Å². The molecule has 0 spiro atoms. The second kappa shape index (κ2) is 6.42. The Morgan fingerprint density at radius 2 is 2.21 bits per heavy atom. The van der Waals surface area contributed by atoms with Crippen molar-refractivity contribution >= 4 is 21.9 Å². The predicted octanol–water partition coefficient (Wildman–Crippen LogP) is 2.22. The minimum Gasteiger partial charge on any atom is -0.481 e. The Morgan fingerprint density at radius 3 is 2.95 bits per heavy atom. The number of nitrogens with zero attached hydrogens (tertiary/aromatic N) is 4. The Morgan fingerprint density at radius 1 is 1.37 bits per heavy atom. The Bertz CT molecular complexity index is 570. The number of hydrogen-bond acceptors (Lipinski definition) is 4. The predicted molar refractivity (Wildman–Crippen MR) is 72.0 cm³/mol. The first kappa shape index (κ1) is 13.7. The van der Waals surface area contributed by atoms with Crippen LogP contribution in [0.2, 0.25) is 0 Å². The van der Waals surface area contributed by atoms with E-state index in [-0.39, 0.29) is 6.42 Å². The van der Waals surface area contributed by atoms with E-state index in [1.165, 1.54) is 0 Å². The normalized spacial score (nSPS) is 10.6. The number of aromatic nitrogens is 4. The molecule has 0 fully saturated rings. The molecule has 0 atom stereocenters. The molecule has 0 aliphatic carbocycles. The van der Waals surface area contributed by atoms with Gasteiger partial charge in [-0.15, -0.1) is 5.10 Å². The van der Waals surface area contributed by atoms with Gasteiger partial charge in [0, 0.05) is 17.1 Å². The van der Waals surface area contributed by atoms with Crippen LogP contribution in [0.5, 0.6) is 0 Å². The first-order valence-electron chi connectivity index (χ1n) is 5.89. The van der Waals surface area contributed by atoms with E-state index in [9.17, 15) is 4.79 Å². The van der Waals surface area contributed by atoms with Gasteiger partial charge >= 0.3 is 5.97 Å². The summed E-state index contributed by atoms with van der Waals surface area (Å²) in [6.45, 7) is 0. The molecule has 0 radical (unpaired) electrons. The second-order valence-electron chi connectivity index (χ2n) is 4.12. The molecule has 0 saturated heterocycles. The molecule has 0 amide bonds. The maximum atomic E-state index is 10.4. The highest BCUT2D eigenvalue weighted by molar-refractivity contribution is 9.10. The molecule has 2 aromatic rings. The van der Waals surface area contributed by atoms with Gasteiger partial charge in [-0.3, -0.25) is 9.78 Å². The van der Waals surface area contributed by atoms with Gasteiger partial charge < -0.3 is 5.11 Å². The monoisotopic (exact) mass is 324 g/mol. The first-order valence-corrected chi connectivity index (χ1v) is 6.68. The molecule has 2 aromatic heterocycles. The fourth-order valence-corrected chi connectivity index (χ4v) is 2.00. The number of hydrogen-bond donors (Lipinski definition) is 1. The summed E-state index contributed by atoms with van der Waals surface area (Å²) in [6.07, 6.45) is 7.62. The van der Waals surface area contributed by atoms with Crippen LogP contribution in [0.4, 0.5) is 0 Å². The number of unbranched alkanes of at least 4 members (excludes halogenated alkanes) is 1. The SMILES string of the molecule is O=C(O)CCCCc1cn(-c2cncc(Br)c2)nn1. The molecule has 2 heterocycles. The van der Waals surface area contributed by atoms with E-state index in [1.807, 2.05) is 12.3 Å². The van der Waals surface area contributed by atoms with Crippen LogP contribution < -0.4 is 0 Å². The maximum Gasteiger partial charge on any atom is 0.303 e. The molecule has 0 aliphatic heterocycles. The van der Waals surface area contributed by atoms with E-state index >= 15 is 0 Å². The number of rotatable bonds is 6. The van der Waals surface area contributed by atoms with Gasteiger partial charge in [-0.1, -0.05) is 5.21 Å². The molecule has 1 N–H and O–H groups in total. The highest BCUT2D eigenvalue weighted by atomic mass is 79.9. The van der Waals surface area contributed by atoms with Gasteiger partial charge in [-0.2, -0.15) is 0 Å². The summed E-state index contributed by atoms with van der Waals surface area (Å²) in [7, 11) is 0. The second-order valence-corrected chi connectivity index (χ2v) is 5.03. The van der Waals surface area contributed by atoms with E-state index < -0.39 is 5.97 Å². The van der Waals surface area contributed by atoms with E-state index in [4.69, 9.17) is 5.11 Å². The van der Waals surface area contributed by atoms with Gasteiger partial charge in [-0.25, -0.2) is 4.68 Å². The lowest BCUT2D eigenvalue weighted by molar-refractivity contribution is -0.137. The van der Waals surface area contributed by atoms with E-state index in [0.29, 0.717) is 6.42 Å². The standard InChI is InChI=1S/C12H13BrN4O2/c13-9-5-11(7-14-6-9)17-8-10(15-16-17)3-1-2-4-12(18)19/h5-8H,1-4H2,(H,18,19). The Labute approximate surface area is 118 Å². The number of pyridine rings is 1. The lowest BCUT2D eigenvalue weighted by Gasteiger charge is -1.98. The van der Waals surface area contributed by atoms with Gasteiger partial charge in [0.25, 0.3) is 0 Å². The fourth-order valence-electron chi connectivity index (χ4n) is 1.65. The Kier molecular flexibility index (Phi) is 4.62. The highest BCUT2D eigenvalue weighted by Crippen LogP contribution is 2.13. The average Bonchev–Trinajstić information content (AvgIpc) is 2.83. The number of carbonyl (C=O) groups is 1. The molecule has 19 heavy (non-hydrogen) atoms.